The maximum Gasteiger partial charge on any atom is 0.254 e. The Kier molecular flexibility index (Phi) is 8.28. The molecule has 1 saturated heterocycles. The molecule has 5 rings (SSSR count). The van der Waals surface area contributed by atoms with Crippen molar-refractivity contribution >= 4 is 17.8 Å². The summed E-state index contributed by atoms with van der Waals surface area (Å²) in [5, 5.41) is 6.51. The molecule has 1 aliphatic heterocycles. The molecule has 0 unspecified atom stereocenters. The summed E-state index contributed by atoms with van der Waals surface area (Å²) in [6, 6.07) is 4.15. The summed E-state index contributed by atoms with van der Waals surface area (Å²) in [5.41, 5.74) is 5.69. The van der Waals surface area contributed by atoms with Crippen molar-refractivity contribution in [2.24, 2.45) is 11.7 Å². The second kappa shape index (κ2) is 12.2. The van der Waals surface area contributed by atoms with E-state index in [0.29, 0.717) is 41.9 Å². The second-order valence-corrected chi connectivity index (χ2v) is 10.0. The maximum absolute atomic E-state index is 14.3. The van der Waals surface area contributed by atoms with E-state index in [1.54, 1.807) is 18.5 Å². The molecule has 0 spiro atoms. The fourth-order valence-electron chi connectivity index (χ4n) is 4.60. The van der Waals surface area contributed by atoms with Crippen LogP contribution in [0.5, 0.6) is 5.75 Å². The van der Waals surface area contributed by atoms with Gasteiger partial charge in [-0.15, -0.1) is 0 Å². The van der Waals surface area contributed by atoms with Gasteiger partial charge in [-0.1, -0.05) is 5.16 Å². The van der Waals surface area contributed by atoms with Gasteiger partial charge in [0.05, 0.1) is 17.7 Å². The number of carbonyl (C=O) groups is 2. The summed E-state index contributed by atoms with van der Waals surface area (Å²) in [7, 11) is 0. The van der Waals surface area contributed by atoms with Gasteiger partial charge in [-0.2, -0.15) is 4.98 Å². The number of ether oxygens (including phenoxy) is 1. The molecule has 11 nitrogen and oxygen atoms in total. The van der Waals surface area contributed by atoms with Crippen molar-refractivity contribution in [3.8, 4) is 17.1 Å². The zero-order valence-corrected chi connectivity index (χ0v) is 21.6. The number of benzene rings is 1. The number of halogens is 1. The Morgan fingerprint density at radius 3 is 2.62 bits per heavy atom. The normalized spacial score (nSPS) is 15.8. The first kappa shape index (κ1) is 26.5. The van der Waals surface area contributed by atoms with Gasteiger partial charge in [-0.25, -0.2) is 14.4 Å². The molecule has 3 aromatic rings. The van der Waals surface area contributed by atoms with Crippen molar-refractivity contribution in [3.63, 3.8) is 0 Å². The van der Waals surface area contributed by atoms with Gasteiger partial charge in [0.15, 0.2) is 0 Å². The van der Waals surface area contributed by atoms with Gasteiger partial charge in [0.1, 0.15) is 11.6 Å². The van der Waals surface area contributed by atoms with Gasteiger partial charge in [0, 0.05) is 50.4 Å². The summed E-state index contributed by atoms with van der Waals surface area (Å²) >= 11 is 0. The number of amides is 2. The Labute approximate surface area is 225 Å². The Hall–Kier alpha value is -4.09. The summed E-state index contributed by atoms with van der Waals surface area (Å²) in [6.07, 6.45) is 9.65. The first-order valence-corrected chi connectivity index (χ1v) is 13.4. The second-order valence-electron chi connectivity index (χ2n) is 10.0. The number of nitrogens with zero attached hydrogens (tertiary/aromatic N) is 5. The van der Waals surface area contributed by atoms with Gasteiger partial charge in [-0.3, -0.25) is 9.59 Å². The van der Waals surface area contributed by atoms with Gasteiger partial charge in [0.25, 0.3) is 5.91 Å². The van der Waals surface area contributed by atoms with Crippen molar-refractivity contribution in [2.45, 2.75) is 50.9 Å². The van der Waals surface area contributed by atoms with Crippen LogP contribution >= 0.6 is 0 Å². The third-order valence-electron chi connectivity index (χ3n) is 7.03. The highest BCUT2D eigenvalue weighted by atomic mass is 19.1. The van der Waals surface area contributed by atoms with E-state index in [1.165, 1.54) is 12.1 Å². The van der Waals surface area contributed by atoms with Crippen LogP contribution < -0.4 is 20.7 Å². The number of nitrogens with two attached hydrogens (primary N) is 1. The van der Waals surface area contributed by atoms with Crippen LogP contribution in [-0.4, -0.2) is 58.2 Å². The third-order valence-corrected chi connectivity index (χ3v) is 7.03. The first-order valence-electron chi connectivity index (χ1n) is 13.4. The third kappa shape index (κ3) is 7.06. The molecular weight excluding hydrogens is 505 g/mol. The fraction of sp³-hybridized carbons (Fsp3) is 0.481. The lowest BCUT2D eigenvalue weighted by Gasteiger charge is -2.32. The average Bonchev–Trinajstić information content (AvgIpc) is 3.67. The predicted octanol–water partition coefficient (Wildman–Crippen LogP) is 3.22. The summed E-state index contributed by atoms with van der Waals surface area (Å²) in [4.78, 5) is 38.5. The van der Waals surface area contributed by atoms with E-state index >= 15 is 0 Å². The van der Waals surface area contributed by atoms with Crippen LogP contribution in [0.1, 0.15) is 67.1 Å². The molecule has 1 aliphatic carbocycles. The van der Waals surface area contributed by atoms with Crippen LogP contribution in [0.15, 0.2) is 35.1 Å². The minimum atomic E-state index is -0.674. The number of nitrogens with one attached hydrogen (secondary N) is 1. The number of anilines is 1. The van der Waals surface area contributed by atoms with Crippen molar-refractivity contribution in [2.75, 3.05) is 31.1 Å². The number of piperidine rings is 1. The highest BCUT2D eigenvalue weighted by Crippen LogP contribution is 2.39. The Morgan fingerprint density at radius 2 is 1.92 bits per heavy atom. The minimum absolute atomic E-state index is 0.00200. The molecule has 2 amide bonds. The van der Waals surface area contributed by atoms with Crippen LogP contribution in [0.3, 0.4) is 0 Å². The van der Waals surface area contributed by atoms with E-state index in [-0.39, 0.29) is 18.5 Å². The first-order chi connectivity index (χ1) is 19.0. The van der Waals surface area contributed by atoms with Crippen molar-refractivity contribution in [3.05, 3.63) is 47.9 Å². The molecule has 39 heavy (non-hydrogen) atoms. The number of rotatable bonds is 12. The van der Waals surface area contributed by atoms with Gasteiger partial charge in [-0.05, 0) is 56.6 Å². The Balaban J connectivity index is 1.01. The van der Waals surface area contributed by atoms with Crippen LogP contribution in [0, 0.1) is 11.7 Å². The molecule has 2 aliphatic rings. The lowest BCUT2D eigenvalue weighted by molar-refractivity contribution is -0.117. The van der Waals surface area contributed by atoms with Gasteiger partial charge >= 0.3 is 0 Å². The highest BCUT2D eigenvalue weighted by Gasteiger charge is 2.30. The van der Waals surface area contributed by atoms with E-state index < -0.39 is 17.6 Å². The summed E-state index contributed by atoms with van der Waals surface area (Å²) in [5.74, 6) is 1.50. The fourth-order valence-corrected chi connectivity index (χ4v) is 4.60. The maximum atomic E-state index is 14.3. The molecule has 1 saturated carbocycles. The van der Waals surface area contributed by atoms with Crippen molar-refractivity contribution < 1.29 is 23.2 Å². The Bertz CT molecular complexity index is 1290. The number of aromatic nitrogens is 4. The number of hydrogen-bond acceptors (Lipinski definition) is 9. The number of hydrogen-bond donors (Lipinski definition) is 2. The monoisotopic (exact) mass is 537 g/mol. The zero-order chi connectivity index (χ0) is 27.2. The van der Waals surface area contributed by atoms with Crippen LogP contribution in [-0.2, 0) is 4.79 Å². The van der Waals surface area contributed by atoms with Crippen LogP contribution in [0.4, 0.5) is 10.3 Å². The smallest absolute Gasteiger partial charge is 0.254 e. The van der Waals surface area contributed by atoms with E-state index in [4.69, 9.17) is 15.0 Å². The van der Waals surface area contributed by atoms with Gasteiger partial charge in [0.2, 0.25) is 23.6 Å². The molecular formula is C27H32FN7O4. The molecule has 0 bridgehead atoms. The quantitative estimate of drug-likeness (QED) is 0.332. The Morgan fingerprint density at radius 1 is 1.15 bits per heavy atom. The molecule has 206 valence electrons. The lowest BCUT2D eigenvalue weighted by atomic mass is 9.92. The van der Waals surface area contributed by atoms with Crippen LogP contribution in [0.2, 0.25) is 0 Å². The average molecular weight is 538 g/mol. The molecule has 2 aromatic heterocycles. The van der Waals surface area contributed by atoms with Gasteiger partial charge < -0.3 is 25.2 Å². The van der Waals surface area contributed by atoms with Crippen LogP contribution in [0.25, 0.3) is 11.4 Å². The highest BCUT2D eigenvalue weighted by molar-refractivity contribution is 5.94. The van der Waals surface area contributed by atoms with E-state index in [1.807, 2.05) is 0 Å². The minimum Gasteiger partial charge on any atom is -0.493 e. The number of carbonyl (C=O) groups excluding carboxylic acids is 2. The largest absolute Gasteiger partial charge is 0.493 e. The van der Waals surface area contributed by atoms with E-state index in [2.05, 4.69) is 30.3 Å². The summed E-state index contributed by atoms with van der Waals surface area (Å²) < 4.78 is 25.4. The standard InChI is InChI=1S/C27H32FN7O4/c28-22-14-20(5-6-21(22)25(37)30-10-7-23(29)36)38-13-1-2-17-8-11-35(12-9-17)27-31-15-19(16-32-27)24-33-26(39-34-24)18-3-4-18/h5-6,14-18H,1-4,7-13H2,(H2,29,36)(H,30,37). The lowest BCUT2D eigenvalue weighted by Crippen LogP contribution is -2.34. The van der Waals surface area contributed by atoms with Crippen molar-refractivity contribution in [1.82, 2.24) is 25.4 Å². The molecule has 12 heteroatoms. The van der Waals surface area contributed by atoms with E-state index in [9.17, 15) is 14.0 Å². The van der Waals surface area contributed by atoms with E-state index in [0.717, 1.165) is 57.2 Å². The predicted molar refractivity (Wildman–Crippen MR) is 140 cm³/mol. The molecule has 0 atom stereocenters. The summed E-state index contributed by atoms with van der Waals surface area (Å²) in [6.45, 7) is 2.29. The molecule has 3 N–H and O–H groups in total. The zero-order valence-electron chi connectivity index (χ0n) is 21.6. The molecule has 0 radical (unpaired) electrons. The van der Waals surface area contributed by atoms with Crippen molar-refractivity contribution in [1.29, 1.82) is 0 Å². The molecule has 1 aromatic carbocycles. The SMILES string of the molecule is NC(=O)CCNC(=O)c1ccc(OCCCC2CCN(c3ncc(-c4noc(C5CC5)n4)cn3)CC2)cc1F. The topological polar surface area (TPSA) is 149 Å². The molecule has 3 heterocycles. The molecule has 2 fully saturated rings. The number of primary amides is 1.